The van der Waals surface area contributed by atoms with Crippen LogP contribution in [0.4, 0.5) is 0 Å². The molecule has 45 heavy (non-hydrogen) atoms. The molecule has 8 aromatic rings. The van der Waals surface area contributed by atoms with Gasteiger partial charge in [-0.3, -0.25) is 9.97 Å². The Morgan fingerprint density at radius 1 is 0.356 bits per heavy atom. The summed E-state index contributed by atoms with van der Waals surface area (Å²) in [5.74, 6) is 0. The van der Waals surface area contributed by atoms with Crippen LogP contribution in [0.5, 0.6) is 0 Å². The summed E-state index contributed by atoms with van der Waals surface area (Å²) in [7, 11) is 0. The van der Waals surface area contributed by atoms with Crippen molar-refractivity contribution in [2.24, 2.45) is 0 Å². The average molecular weight is 571 g/mol. The lowest BCUT2D eigenvalue weighted by atomic mass is 9.70. The van der Waals surface area contributed by atoms with E-state index in [1.807, 2.05) is 30.6 Å². The second-order valence-corrected chi connectivity index (χ2v) is 12.2. The van der Waals surface area contributed by atoms with Gasteiger partial charge in [-0.25, -0.2) is 0 Å². The van der Waals surface area contributed by atoms with Gasteiger partial charge >= 0.3 is 0 Å². The lowest BCUT2D eigenvalue weighted by Crippen LogP contribution is -2.25. The number of hydrogen-bond acceptors (Lipinski definition) is 2. The third kappa shape index (κ3) is 3.34. The molecule has 0 N–H and O–H groups in total. The second kappa shape index (κ2) is 9.07. The van der Waals surface area contributed by atoms with Crippen LogP contribution >= 0.6 is 0 Å². The summed E-state index contributed by atoms with van der Waals surface area (Å²) in [6.45, 7) is 0. The molecule has 0 amide bonds. The van der Waals surface area contributed by atoms with E-state index in [0.717, 1.165) is 22.5 Å². The number of rotatable bonds is 2. The van der Waals surface area contributed by atoms with Gasteiger partial charge in [-0.05, 0) is 120 Å². The Kier molecular flexibility index (Phi) is 4.95. The summed E-state index contributed by atoms with van der Waals surface area (Å²) >= 11 is 0. The van der Waals surface area contributed by atoms with Crippen molar-refractivity contribution >= 4 is 21.5 Å². The summed E-state index contributed by atoms with van der Waals surface area (Å²) < 4.78 is 0. The van der Waals surface area contributed by atoms with Crippen LogP contribution in [0, 0.1) is 0 Å². The Morgan fingerprint density at radius 3 is 1.60 bits per heavy atom. The lowest BCUT2D eigenvalue weighted by Gasteiger charge is -2.30. The van der Waals surface area contributed by atoms with Gasteiger partial charge in [0.05, 0.1) is 16.8 Å². The normalized spacial score (nSPS) is 13.5. The van der Waals surface area contributed by atoms with E-state index in [1.165, 1.54) is 66.1 Å². The van der Waals surface area contributed by atoms with Crippen molar-refractivity contribution in [2.45, 2.75) is 5.41 Å². The van der Waals surface area contributed by atoms with Gasteiger partial charge in [0.25, 0.3) is 0 Å². The number of aromatic nitrogens is 2. The van der Waals surface area contributed by atoms with E-state index in [0.29, 0.717) is 0 Å². The highest BCUT2D eigenvalue weighted by molar-refractivity contribution is 6.03. The van der Waals surface area contributed by atoms with E-state index in [2.05, 4.69) is 132 Å². The second-order valence-electron chi connectivity index (χ2n) is 12.2. The fourth-order valence-corrected chi connectivity index (χ4v) is 7.97. The maximum absolute atomic E-state index is 4.76. The first kappa shape index (κ1) is 24.6. The van der Waals surface area contributed by atoms with E-state index < -0.39 is 0 Å². The molecule has 0 fully saturated rings. The minimum absolute atomic E-state index is 0.377. The number of nitrogens with zero attached hydrogens (tertiary/aromatic N) is 2. The van der Waals surface area contributed by atoms with E-state index in [1.54, 1.807) is 0 Å². The van der Waals surface area contributed by atoms with Gasteiger partial charge in [-0.1, -0.05) is 97.1 Å². The van der Waals surface area contributed by atoms with Crippen molar-refractivity contribution in [1.82, 2.24) is 9.97 Å². The zero-order valence-corrected chi connectivity index (χ0v) is 24.4. The average Bonchev–Trinajstić information content (AvgIpc) is 3.56. The van der Waals surface area contributed by atoms with Crippen molar-refractivity contribution in [3.8, 4) is 44.8 Å². The predicted molar refractivity (Wildman–Crippen MR) is 184 cm³/mol. The van der Waals surface area contributed by atoms with Crippen molar-refractivity contribution in [1.29, 1.82) is 0 Å². The third-order valence-corrected chi connectivity index (χ3v) is 9.94. The molecule has 2 heterocycles. The Hall–Kier alpha value is -5.86. The molecule has 2 aromatic heterocycles. The molecule has 0 saturated heterocycles. The van der Waals surface area contributed by atoms with Crippen molar-refractivity contribution < 1.29 is 0 Å². The number of benzene rings is 6. The molecule has 2 nitrogen and oxygen atoms in total. The van der Waals surface area contributed by atoms with E-state index in [-0.39, 0.29) is 5.41 Å². The molecule has 0 atom stereocenters. The van der Waals surface area contributed by atoms with Gasteiger partial charge in [-0.15, -0.1) is 0 Å². The molecule has 0 saturated carbocycles. The number of fused-ring (bicyclic) bond motifs is 12. The molecule has 6 aromatic carbocycles. The van der Waals surface area contributed by atoms with Gasteiger partial charge in [0.2, 0.25) is 0 Å². The topological polar surface area (TPSA) is 25.8 Å². The smallest absolute Gasteiger partial charge is 0.0886 e. The van der Waals surface area contributed by atoms with Crippen LogP contribution in [0.2, 0.25) is 0 Å². The summed E-state index contributed by atoms with van der Waals surface area (Å²) in [6.07, 6.45) is 3.77. The molecule has 2 aliphatic rings. The Labute approximate surface area is 261 Å². The van der Waals surface area contributed by atoms with E-state index in [4.69, 9.17) is 4.98 Å². The highest BCUT2D eigenvalue weighted by Gasteiger charge is 2.51. The summed E-state index contributed by atoms with van der Waals surface area (Å²) in [6, 6.07) is 53.5. The predicted octanol–water partition coefficient (Wildman–Crippen LogP) is 10.5. The van der Waals surface area contributed by atoms with Crippen LogP contribution in [-0.4, -0.2) is 9.97 Å². The first-order valence-corrected chi connectivity index (χ1v) is 15.5. The molecule has 0 radical (unpaired) electrons. The molecule has 0 aliphatic heterocycles. The Bertz CT molecular complexity index is 2430. The zero-order valence-electron chi connectivity index (χ0n) is 24.4. The van der Waals surface area contributed by atoms with Gasteiger partial charge in [0.1, 0.15) is 0 Å². The minimum Gasteiger partial charge on any atom is -0.255 e. The number of pyridine rings is 2. The SMILES string of the molecule is c1ccc(-c2ccc(-c3ccc4cc5c(cc4c3)C3(c4ccccc4-c4ccccc43)c3cc4ccccc4cc3-5)cn2)nc1. The van der Waals surface area contributed by atoms with Crippen LogP contribution in [0.1, 0.15) is 22.3 Å². The van der Waals surface area contributed by atoms with E-state index in [9.17, 15) is 0 Å². The summed E-state index contributed by atoms with van der Waals surface area (Å²) in [5.41, 5.74) is 14.4. The summed E-state index contributed by atoms with van der Waals surface area (Å²) in [4.78, 5) is 9.23. The molecule has 10 rings (SSSR count). The zero-order chi connectivity index (χ0) is 29.5. The van der Waals surface area contributed by atoms with Gasteiger partial charge < -0.3 is 0 Å². The third-order valence-electron chi connectivity index (χ3n) is 9.94. The molecule has 208 valence electrons. The maximum Gasteiger partial charge on any atom is 0.0886 e. The van der Waals surface area contributed by atoms with Gasteiger partial charge in [0, 0.05) is 18.0 Å². The molecule has 2 heteroatoms. The quantitative estimate of drug-likeness (QED) is 0.207. The maximum atomic E-state index is 4.76. The van der Waals surface area contributed by atoms with Crippen LogP contribution in [0.15, 0.2) is 158 Å². The van der Waals surface area contributed by atoms with Gasteiger partial charge in [0.15, 0.2) is 0 Å². The lowest BCUT2D eigenvalue weighted by molar-refractivity contribution is 0.796. The molecule has 0 unspecified atom stereocenters. The van der Waals surface area contributed by atoms with Crippen LogP contribution in [0.3, 0.4) is 0 Å². The Balaban J connectivity index is 1.23. The van der Waals surface area contributed by atoms with Crippen LogP contribution in [-0.2, 0) is 5.41 Å². The first-order chi connectivity index (χ1) is 22.3. The van der Waals surface area contributed by atoms with Gasteiger partial charge in [-0.2, -0.15) is 0 Å². The summed E-state index contributed by atoms with van der Waals surface area (Å²) in [5, 5.41) is 5.03. The molecule has 1 spiro atoms. The highest BCUT2D eigenvalue weighted by Crippen LogP contribution is 2.63. The fraction of sp³-hybridized carbons (Fsp3) is 0.0233. The van der Waals surface area contributed by atoms with Crippen LogP contribution < -0.4 is 0 Å². The van der Waals surface area contributed by atoms with Crippen molar-refractivity contribution in [3.05, 3.63) is 180 Å². The highest BCUT2D eigenvalue weighted by atomic mass is 14.8. The molecule has 0 bridgehead atoms. The Morgan fingerprint density at radius 2 is 0.933 bits per heavy atom. The standard InChI is InChI=1S/C43H26N2/c1-2-10-28-24-39-35(22-27(28)9-1)36-23-30-17-16-29(31-18-19-42(45-26-31)41-15-7-8-20-44-41)21-32(30)25-40(36)43(39)37-13-5-3-11-33(37)34-12-4-6-14-38(34)43/h1-26H. The molecular weight excluding hydrogens is 544 g/mol. The monoisotopic (exact) mass is 570 g/mol. The number of hydrogen-bond donors (Lipinski definition) is 0. The van der Waals surface area contributed by atoms with Crippen molar-refractivity contribution in [3.63, 3.8) is 0 Å². The molecular formula is C43H26N2. The van der Waals surface area contributed by atoms with Crippen molar-refractivity contribution in [2.75, 3.05) is 0 Å². The van der Waals surface area contributed by atoms with E-state index >= 15 is 0 Å². The minimum atomic E-state index is -0.377. The molecule has 2 aliphatic carbocycles. The first-order valence-electron chi connectivity index (χ1n) is 15.5. The largest absolute Gasteiger partial charge is 0.255 e. The fourth-order valence-electron chi connectivity index (χ4n) is 7.97. The van der Waals surface area contributed by atoms with Crippen LogP contribution in [0.25, 0.3) is 66.3 Å².